The summed E-state index contributed by atoms with van der Waals surface area (Å²) >= 11 is 5.63. The zero-order valence-electron chi connectivity index (χ0n) is 8.64. The van der Waals surface area contributed by atoms with Crippen molar-refractivity contribution in [1.29, 1.82) is 0 Å². The van der Waals surface area contributed by atoms with Crippen molar-refractivity contribution in [1.82, 2.24) is 10.2 Å². The third-order valence-corrected chi connectivity index (χ3v) is 2.25. The van der Waals surface area contributed by atoms with Crippen molar-refractivity contribution in [2.24, 2.45) is 0 Å². The van der Waals surface area contributed by atoms with E-state index in [9.17, 15) is 0 Å². The second-order valence-corrected chi connectivity index (χ2v) is 3.71. The van der Waals surface area contributed by atoms with Gasteiger partial charge in [-0.3, -0.25) is 0 Å². The highest BCUT2D eigenvalue weighted by molar-refractivity contribution is 6.29. The highest BCUT2D eigenvalue weighted by Gasteiger charge is 1.97. The molecule has 2 aromatic rings. The maximum atomic E-state index is 5.63. The molecule has 0 aliphatic rings. The fourth-order valence-electron chi connectivity index (χ4n) is 1.27. The summed E-state index contributed by atoms with van der Waals surface area (Å²) in [6, 6.07) is 13.5. The highest BCUT2D eigenvalue weighted by atomic mass is 35.5. The Morgan fingerprint density at radius 1 is 0.938 bits per heavy atom. The standard InChI is InChI=1S/C12H11ClN2O/c13-12-7-6-11(14-15-12)9-16-8-10-4-2-1-3-5-10/h1-7H,8-9H2. The van der Waals surface area contributed by atoms with Crippen LogP contribution in [-0.2, 0) is 18.0 Å². The first-order chi connectivity index (χ1) is 7.84. The first-order valence-corrected chi connectivity index (χ1v) is 5.32. The van der Waals surface area contributed by atoms with E-state index in [0.29, 0.717) is 18.4 Å². The summed E-state index contributed by atoms with van der Waals surface area (Å²) in [5.74, 6) is 0. The van der Waals surface area contributed by atoms with Crippen molar-refractivity contribution in [3.05, 3.63) is 58.9 Å². The Balaban J connectivity index is 1.82. The summed E-state index contributed by atoms with van der Waals surface area (Å²) in [6.07, 6.45) is 0. The monoisotopic (exact) mass is 234 g/mol. The zero-order chi connectivity index (χ0) is 11.2. The van der Waals surface area contributed by atoms with Crippen LogP contribution in [0.25, 0.3) is 0 Å². The molecule has 2 rings (SSSR count). The van der Waals surface area contributed by atoms with E-state index in [4.69, 9.17) is 16.3 Å². The number of aromatic nitrogens is 2. The van der Waals surface area contributed by atoms with Gasteiger partial charge >= 0.3 is 0 Å². The maximum Gasteiger partial charge on any atom is 0.151 e. The average Bonchev–Trinajstić information content (AvgIpc) is 2.33. The second kappa shape index (κ2) is 5.58. The Bertz CT molecular complexity index is 431. The van der Waals surface area contributed by atoms with Crippen LogP contribution >= 0.6 is 11.6 Å². The molecule has 4 heteroatoms. The molecule has 0 atom stereocenters. The minimum absolute atomic E-state index is 0.395. The maximum absolute atomic E-state index is 5.63. The summed E-state index contributed by atoms with van der Waals surface area (Å²) in [4.78, 5) is 0. The molecule has 0 fully saturated rings. The van der Waals surface area contributed by atoms with Crippen LogP contribution in [0.5, 0.6) is 0 Å². The smallest absolute Gasteiger partial charge is 0.151 e. The molecule has 0 radical (unpaired) electrons. The molecule has 3 nitrogen and oxygen atoms in total. The first-order valence-electron chi connectivity index (χ1n) is 4.94. The Morgan fingerprint density at radius 2 is 1.75 bits per heavy atom. The van der Waals surface area contributed by atoms with Gasteiger partial charge in [0, 0.05) is 0 Å². The largest absolute Gasteiger partial charge is 0.370 e. The molecule has 0 saturated heterocycles. The van der Waals surface area contributed by atoms with Gasteiger partial charge in [0.25, 0.3) is 0 Å². The van der Waals surface area contributed by atoms with Gasteiger partial charge in [-0.1, -0.05) is 41.9 Å². The third kappa shape index (κ3) is 3.29. The molecule has 1 aromatic carbocycles. The number of hydrogen-bond donors (Lipinski definition) is 0. The Morgan fingerprint density at radius 3 is 2.44 bits per heavy atom. The van der Waals surface area contributed by atoms with Crippen LogP contribution in [0.1, 0.15) is 11.3 Å². The van der Waals surface area contributed by atoms with E-state index >= 15 is 0 Å². The van der Waals surface area contributed by atoms with Crippen molar-refractivity contribution in [3.8, 4) is 0 Å². The van der Waals surface area contributed by atoms with E-state index in [2.05, 4.69) is 10.2 Å². The number of rotatable bonds is 4. The lowest BCUT2D eigenvalue weighted by Crippen LogP contribution is -1.97. The third-order valence-electron chi connectivity index (χ3n) is 2.05. The molecule has 0 aliphatic carbocycles. The van der Waals surface area contributed by atoms with E-state index in [0.717, 1.165) is 11.3 Å². The van der Waals surface area contributed by atoms with Gasteiger partial charge in [0.2, 0.25) is 0 Å². The van der Waals surface area contributed by atoms with Crippen molar-refractivity contribution < 1.29 is 4.74 Å². The SMILES string of the molecule is Clc1ccc(COCc2ccccc2)nn1. The van der Waals surface area contributed by atoms with Gasteiger partial charge in [-0.05, 0) is 17.7 Å². The van der Waals surface area contributed by atoms with Crippen molar-refractivity contribution in [2.45, 2.75) is 13.2 Å². The lowest BCUT2D eigenvalue weighted by atomic mass is 10.2. The van der Waals surface area contributed by atoms with Crippen LogP contribution in [0.15, 0.2) is 42.5 Å². The molecule has 1 aromatic heterocycles. The van der Waals surface area contributed by atoms with Crippen molar-refractivity contribution in [3.63, 3.8) is 0 Å². The fourth-order valence-corrected chi connectivity index (χ4v) is 1.37. The molecule has 0 N–H and O–H groups in total. The zero-order valence-corrected chi connectivity index (χ0v) is 9.39. The van der Waals surface area contributed by atoms with Crippen molar-refractivity contribution in [2.75, 3.05) is 0 Å². The molecular formula is C12H11ClN2O. The molecule has 82 valence electrons. The summed E-state index contributed by atoms with van der Waals surface area (Å²) in [6.45, 7) is 1.02. The molecule has 1 heterocycles. The molecule has 16 heavy (non-hydrogen) atoms. The predicted octanol–water partition coefficient (Wildman–Crippen LogP) is 2.85. The van der Waals surface area contributed by atoms with Crippen LogP contribution in [0.4, 0.5) is 0 Å². The predicted molar refractivity (Wildman–Crippen MR) is 62.0 cm³/mol. The quantitative estimate of drug-likeness (QED) is 0.816. The first kappa shape index (κ1) is 11.0. The van der Waals surface area contributed by atoms with Crippen molar-refractivity contribution >= 4 is 11.6 Å². The molecule has 0 saturated carbocycles. The molecule has 0 unspecified atom stereocenters. The van der Waals surface area contributed by atoms with Crippen LogP contribution < -0.4 is 0 Å². The molecule has 0 bridgehead atoms. The highest BCUT2D eigenvalue weighted by Crippen LogP contribution is 2.05. The normalized spacial score (nSPS) is 10.3. The summed E-state index contributed by atoms with van der Waals surface area (Å²) in [5.41, 5.74) is 1.92. The van der Waals surface area contributed by atoms with Gasteiger partial charge in [0.1, 0.15) is 0 Å². The van der Waals surface area contributed by atoms with Gasteiger partial charge in [-0.2, -0.15) is 5.10 Å². The lowest BCUT2D eigenvalue weighted by Gasteiger charge is -2.03. The van der Waals surface area contributed by atoms with Gasteiger partial charge < -0.3 is 4.74 Å². The molecule has 0 spiro atoms. The number of nitrogens with zero attached hydrogens (tertiary/aromatic N) is 2. The number of ether oxygens (including phenoxy) is 1. The molecule has 0 amide bonds. The Kier molecular flexibility index (Phi) is 3.86. The summed E-state index contributed by atoms with van der Waals surface area (Å²) in [7, 11) is 0. The van der Waals surface area contributed by atoms with Crippen LogP contribution in [0, 0.1) is 0 Å². The fraction of sp³-hybridized carbons (Fsp3) is 0.167. The van der Waals surface area contributed by atoms with E-state index in [1.165, 1.54) is 0 Å². The van der Waals surface area contributed by atoms with Gasteiger partial charge in [0.05, 0.1) is 18.9 Å². The second-order valence-electron chi connectivity index (χ2n) is 3.33. The average molecular weight is 235 g/mol. The molecule has 0 aliphatic heterocycles. The topological polar surface area (TPSA) is 35.0 Å². The molecular weight excluding hydrogens is 224 g/mol. The number of benzene rings is 1. The van der Waals surface area contributed by atoms with Gasteiger partial charge in [0.15, 0.2) is 5.15 Å². The number of halogens is 1. The van der Waals surface area contributed by atoms with Crippen LogP contribution in [0.3, 0.4) is 0 Å². The van der Waals surface area contributed by atoms with Gasteiger partial charge in [-0.15, -0.1) is 5.10 Å². The van der Waals surface area contributed by atoms with E-state index < -0.39 is 0 Å². The number of hydrogen-bond acceptors (Lipinski definition) is 3. The lowest BCUT2D eigenvalue weighted by molar-refractivity contribution is 0.104. The summed E-state index contributed by atoms with van der Waals surface area (Å²) < 4.78 is 5.50. The Labute approximate surface area is 99.0 Å². The van der Waals surface area contributed by atoms with Gasteiger partial charge in [-0.25, -0.2) is 0 Å². The van der Waals surface area contributed by atoms with E-state index in [1.807, 2.05) is 30.3 Å². The minimum atomic E-state index is 0.395. The van der Waals surface area contributed by atoms with E-state index in [-0.39, 0.29) is 0 Å². The minimum Gasteiger partial charge on any atom is -0.370 e. The Hall–Kier alpha value is -1.45. The summed E-state index contributed by atoms with van der Waals surface area (Å²) in [5, 5.41) is 8.04. The van der Waals surface area contributed by atoms with Crippen LogP contribution in [0.2, 0.25) is 5.15 Å². The van der Waals surface area contributed by atoms with Crippen LogP contribution in [-0.4, -0.2) is 10.2 Å². The van der Waals surface area contributed by atoms with E-state index in [1.54, 1.807) is 12.1 Å².